The van der Waals surface area contributed by atoms with E-state index in [0.29, 0.717) is 98.0 Å². The molecule has 18 heteroatoms. The molecule has 9 rings (SSSR count). The first-order chi connectivity index (χ1) is 31.2. The number of carbonyl (C=O) groups excluding carboxylic acids is 5. The first kappa shape index (κ1) is 43.5. The third-order valence-corrected chi connectivity index (χ3v) is 13.6. The third-order valence-electron chi connectivity index (χ3n) is 13.6. The van der Waals surface area contributed by atoms with E-state index < -0.39 is 35.3 Å². The predicted molar refractivity (Wildman–Crippen MR) is 239 cm³/mol. The summed E-state index contributed by atoms with van der Waals surface area (Å²) in [6.45, 7) is 7.75. The van der Waals surface area contributed by atoms with Gasteiger partial charge in [0.05, 0.1) is 41.1 Å². The smallest absolute Gasteiger partial charge is 0.280 e. The van der Waals surface area contributed by atoms with Crippen LogP contribution in [0.4, 0.5) is 25.8 Å². The standard InChI is InChI=1S/C47H52F2N10O6/c1-26-5-4-14-65-43(51-3)33(20-50)37-16-29(15-27(2)52-37)41(61)55-46-53-36-8-6-28(17-38(36)59(46)21-26)44(63)56-12-10-47(11-13-56)24-58(25-47)45(64)30-22-57(23-30)31-18-34(48)40(35(49)19-31)32-7-9-39(60)54-42(32)62/h6,8,15-20,26,30,32,50-51H,4-5,7,9-14,21-25H2,1-3H3,(H,53,55,61)(H,54,60,62)/b43-33-,50-20?/t26-,32-/m1/s1. The Labute approximate surface area is 375 Å². The van der Waals surface area contributed by atoms with Crippen molar-refractivity contribution in [3.05, 3.63) is 88.1 Å². The summed E-state index contributed by atoms with van der Waals surface area (Å²) in [7, 11) is 1.72. The van der Waals surface area contributed by atoms with Crippen molar-refractivity contribution >= 4 is 64.3 Å². The van der Waals surface area contributed by atoms with E-state index >= 15 is 8.78 Å². The lowest BCUT2D eigenvalue weighted by atomic mass is 9.71. The highest BCUT2D eigenvalue weighted by Crippen LogP contribution is 2.43. The highest BCUT2D eigenvalue weighted by molar-refractivity contribution is 6.20. The van der Waals surface area contributed by atoms with Crippen molar-refractivity contribution in [2.45, 2.75) is 58.3 Å². The fourth-order valence-electron chi connectivity index (χ4n) is 9.97. The van der Waals surface area contributed by atoms with E-state index in [1.165, 1.54) is 12.1 Å². The number of guanidine groups is 1. The Kier molecular flexibility index (Phi) is 11.6. The molecule has 0 unspecified atom stereocenters. The van der Waals surface area contributed by atoms with Crippen LogP contribution in [0.5, 0.6) is 0 Å². The Hall–Kier alpha value is -6.72. The van der Waals surface area contributed by atoms with Crippen molar-refractivity contribution in [3.63, 3.8) is 0 Å². The number of nitrogens with one attached hydrogen (secondary N) is 4. The molecule has 65 heavy (non-hydrogen) atoms. The molecule has 0 radical (unpaired) electrons. The van der Waals surface area contributed by atoms with Crippen molar-refractivity contribution in [1.29, 1.82) is 5.41 Å². The summed E-state index contributed by atoms with van der Waals surface area (Å²) < 4.78 is 36.4. The van der Waals surface area contributed by atoms with Gasteiger partial charge in [-0.3, -0.25) is 34.3 Å². The molecule has 7 heterocycles. The lowest BCUT2D eigenvalue weighted by molar-refractivity contribution is -0.151. The maximum atomic E-state index is 15.2. The normalized spacial score (nSPS) is 24.2. The van der Waals surface area contributed by atoms with Gasteiger partial charge >= 0.3 is 0 Å². The summed E-state index contributed by atoms with van der Waals surface area (Å²) in [5.74, 6) is -3.91. The molecule has 3 aromatic rings. The Balaban J connectivity index is 0.818. The zero-order chi connectivity index (χ0) is 45.7. The minimum atomic E-state index is -1.08. The zero-order valence-corrected chi connectivity index (χ0v) is 36.6. The van der Waals surface area contributed by atoms with Gasteiger partial charge in [0.2, 0.25) is 23.7 Å². The second kappa shape index (κ2) is 17.3. The van der Waals surface area contributed by atoms with E-state index in [4.69, 9.17) is 10.1 Å². The second-order valence-corrected chi connectivity index (χ2v) is 18.2. The molecule has 16 nitrogen and oxygen atoms in total. The number of pyridine rings is 1. The van der Waals surface area contributed by atoms with Crippen LogP contribution >= 0.6 is 0 Å². The van der Waals surface area contributed by atoms with Gasteiger partial charge in [0.15, 0.2) is 5.88 Å². The maximum Gasteiger partial charge on any atom is 0.280 e. The van der Waals surface area contributed by atoms with E-state index in [0.717, 1.165) is 43.3 Å². The number of hydrogen-bond donors (Lipinski definition) is 4. The number of carbonyl (C=O) groups is 5. The van der Waals surface area contributed by atoms with Gasteiger partial charge in [0.25, 0.3) is 11.8 Å². The number of piperidine rings is 2. The van der Waals surface area contributed by atoms with E-state index in [-0.39, 0.29) is 47.5 Å². The molecular weight excluding hydrogens is 839 g/mol. The molecule has 4 N–H and O–H groups in total. The third kappa shape index (κ3) is 8.41. The van der Waals surface area contributed by atoms with E-state index in [2.05, 4.69) is 32.9 Å². The van der Waals surface area contributed by atoms with Crippen LogP contribution in [0.3, 0.4) is 0 Å². The largest absolute Gasteiger partial charge is 0.479 e. The van der Waals surface area contributed by atoms with Gasteiger partial charge in [0, 0.05) is 99.0 Å². The molecule has 2 aromatic carbocycles. The minimum absolute atomic E-state index is 0.00582. The molecule has 4 fully saturated rings. The van der Waals surface area contributed by atoms with Gasteiger partial charge in [-0.15, -0.1) is 0 Å². The SMILES string of the molecule is CN/C1=C(\C=N)c2cc(cc(C)n2)C(=O)/N=C2\Nc3ccc(C(=O)N4CCC5(CC4)CN(C(=O)C4CN(c6cc(F)c([C@H]7CCC(=O)NC7=O)c(F)c6)C4)C5)cc3N2C[C@H](C)CCCO1. The molecule has 5 amide bonds. The summed E-state index contributed by atoms with van der Waals surface area (Å²) in [5, 5.41) is 16.6. The fraction of sp³-hybridized carbons (Fsp3) is 0.447. The number of allylic oxidation sites excluding steroid dienone is 1. The number of rotatable bonds is 6. The summed E-state index contributed by atoms with van der Waals surface area (Å²) in [5.41, 5.74) is 3.63. The number of fused-ring (bicyclic) bond motifs is 5. The van der Waals surface area contributed by atoms with Crippen LogP contribution in [0.15, 0.2) is 53.3 Å². The Bertz CT molecular complexity index is 2540. The number of likely N-dealkylation sites (tertiary alicyclic amines) is 2. The molecule has 0 aliphatic carbocycles. The van der Waals surface area contributed by atoms with Crippen molar-refractivity contribution in [1.82, 2.24) is 25.4 Å². The highest BCUT2D eigenvalue weighted by atomic mass is 19.1. The number of hydrogen-bond acceptors (Lipinski definition) is 12. The van der Waals surface area contributed by atoms with Gasteiger partial charge in [-0.2, -0.15) is 4.99 Å². The molecule has 4 saturated heterocycles. The second-order valence-electron chi connectivity index (χ2n) is 18.2. The first-order valence-electron chi connectivity index (χ1n) is 22.2. The Morgan fingerprint density at radius 2 is 1.71 bits per heavy atom. The van der Waals surface area contributed by atoms with Crippen LogP contribution < -0.4 is 25.8 Å². The number of anilines is 3. The maximum absolute atomic E-state index is 15.2. The topological polar surface area (TPSA) is 193 Å². The molecule has 6 aliphatic rings. The molecule has 2 atom stereocenters. The molecular formula is C47H52F2N10O6. The summed E-state index contributed by atoms with van der Waals surface area (Å²) in [6.07, 6.45) is 4.25. The van der Waals surface area contributed by atoms with E-state index in [1.54, 1.807) is 37.1 Å². The Morgan fingerprint density at radius 3 is 2.40 bits per heavy atom. The van der Waals surface area contributed by atoms with E-state index in [1.807, 2.05) is 26.8 Å². The highest BCUT2D eigenvalue weighted by Gasteiger charge is 2.50. The van der Waals surface area contributed by atoms with Gasteiger partial charge in [-0.05, 0) is 87.4 Å². The lowest BCUT2D eigenvalue weighted by Crippen LogP contribution is -2.65. The quantitative estimate of drug-likeness (QED) is 0.196. The number of imide groups is 1. The minimum Gasteiger partial charge on any atom is -0.479 e. The van der Waals surface area contributed by atoms with Crippen LogP contribution in [0.1, 0.15) is 89.0 Å². The van der Waals surface area contributed by atoms with E-state index in [9.17, 15) is 24.0 Å². The van der Waals surface area contributed by atoms with Crippen molar-refractivity contribution in [2.75, 3.05) is 74.6 Å². The van der Waals surface area contributed by atoms with Crippen molar-refractivity contribution < 1.29 is 37.5 Å². The number of aromatic nitrogens is 1. The number of benzene rings is 2. The number of ether oxygens (including phenoxy) is 1. The fourth-order valence-corrected chi connectivity index (χ4v) is 9.97. The van der Waals surface area contributed by atoms with Crippen molar-refractivity contribution in [2.24, 2.45) is 22.2 Å². The summed E-state index contributed by atoms with van der Waals surface area (Å²) in [4.78, 5) is 81.7. The number of nitrogens with zero attached hydrogens (tertiary/aromatic N) is 6. The lowest BCUT2D eigenvalue weighted by Gasteiger charge is -2.55. The van der Waals surface area contributed by atoms with Crippen LogP contribution in [0.2, 0.25) is 0 Å². The molecule has 6 aliphatic heterocycles. The average Bonchev–Trinajstić information content (AvgIpc) is 3.58. The van der Waals surface area contributed by atoms with Crippen LogP contribution in [0.25, 0.3) is 5.57 Å². The summed E-state index contributed by atoms with van der Waals surface area (Å²) in [6, 6.07) is 11.2. The number of amides is 5. The van der Waals surface area contributed by atoms with Crippen LogP contribution in [-0.2, 0) is 19.1 Å². The average molecular weight is 891 g/mol. The molecule has 0 saturated carbocycles. The van der Waals surface area contributed by atoms with Crippen molar-refractivity contribution in [3.8, 4) is 0 Å². The molecule has 1 spiro atoms. The number of aliphatic imine (C=N–C) groups is 1. The van der Waals surface area contributed by atoms with Crippen LogP contribution in [0, 0.1) is 41.2 Å². The van der Waals surface area contributed by atoms with Crippen LogP contribution in [-0.4, -0.2) is 116 Å². The predicted octanol–water partition coefficient (Wildman–Crippen LogP) is 4.80. The summed E-state index contributed by atoms with van der Waals surface area (Å²) >= 11 is 0. The number of halogens is 2. The molecule has 340 valence electrons. The van der Waals surface area contributed by atoms with Gasteiger partial charge in [-0.25, -0.2) is 8.78 Å². The first-order valence-corrected chi connectivity index (χ1v) is 22.2. The van der Waals surface area contributed by atoms with Gasteiger partial charge < -0.3 is 40.4 Å². The molecule has 2 bridgehead atoms. The number of aryl methyl sites for hydroxylation is 1. The van der Waals surface area contributed by atoms with Gasteiger partial charge in [-0.1, -0.05) is 6.92 Å². The monoisotopic (exact) mass is 890 g/mol. The Morgan fingerprint density at radius 1 is 0.969 bits per heavy atom. The van der Waals surface area contributed by atoms with Gasteiger partial charge in [0.1, 0.15) is 11.6 Å². The molecule has 1 aromatic heterocycles. The zero-order valence-electron chi connectivity index (χ0n) is 36.6.